The van der Waals surface area contributed by atoms with Gasteiger partial charge in [0.05, 0.1) is 12.4 Å². The number of hydrogen-bond donors (Lipinski definition) is 1. The lowest BCUT2D eigenvalue weighted by atomic mass is 10.5. The summed E-state index contributed by atoms with van der Waals surface area (Å²) in [7, 11) is -3.84. The maximum atomic E-state index is 10.3. The molecule has 74 valence electrons. The van der Waals surface area contributed by atoms with Crippen LogP contribution in [-0.4, -0.2) is 25.3 Å². The number of thiophene rings is 1. The van der Waals surface area contributed by atoms with Gasteiger partial charge in [0.15, 0.2) is 0 Å². The highest BCUT2D eigenvalue weighted by atomic mass is 32.2. The highest BCUT2D eigenvalue weighted by Crippen LogP contribution is 2.14. The zero-order valence-electron chi connectivity index (χ0n) is 6.84. The third-order valence-corrected chi connectivity index (χ3v) is 2.78. The molecule has 0 atom stereocenters. The molecule has 1 aromatic rings. The normalized spacial score (nSPS) is 11.5. The van der Waals surface area contributed by atoms with E-state index in [0.29, 0.717) is 13.0 Å². The van der Waals surface area contributed by atoms with E-state index in [4.69, 9.17) is 9.29 Å². The van der Waals surface area contributed by atoms with Crippen molar-refractivity contribution in [2.75, 3.05) is 12.4 Å². The van der Waals surface area contributed by atoms with Gasteiger partial charge >= 0.3 is 0 Å². The van der Waals surface area contributed by atoms with Crippen LogP contribution in [0.15, 0.2) is 16.8 Å². The summed E-state index contributed by atoms with van der Waals surface area (Å²) in [5.74, 6) is 0.484. The van der Waals surface area contributed by atoms with E-state index in [-0.39, 0.29) is 5.75 Å². The van der Waals surface area contributed by atoms with Crippen molar-refractivity contribution in [2.45, 2.75) is 6.42 Å². The summed E-state index contributed by atoms with van der Waals surface area (Å²) in [5.41, 5.74) is 0. The molecule has 0 radical (unpaired) electrons. The van der Waals surface area contributed by atoms with Crippen LogP contribution < -0.4 is 4.74 Å². The van der Waals surface area contributed by atoms with Crippen molar-refractivity contribution >= 4 is 21.5 Å². The molecule has 0 fully saturated rings. The number of rotatable bonds is 5. The lowest BCUT2D eigenvalue weighted by Gasteiger charge is -2.01. The summed E-state index contributed by atoms with van der Waals surface area (Å²) in [6, 6.07) is 1.80. The first kappa shape index (κ1) is 10.5. The van der Waals surface area contributed by atoms with Crippen LogP contribution in [0.2, 0.25) is 0 Å². The molecule has 0 aliphatic rings. The highest BCUT2D eigenvalue weighted by molar-refractivity contribution is 7.85. The fourth-order valence-corrected chi connectivity index (χ4v) is 1.82. The van der Waals surface area contributed by atoms with Gasteiger partial charge < -0.3 is 4.74 Å². The summed E-state index contributed by atoms with van der Waals surface area (Å²) < 4.78 is 34.2. The Bertz CT molecular complexity index is 327. The standard InChI is InChI=1S/C7H10O4S2/c8-13(9,10)5-1-3-11-7-2-4-12-6-7/h2,4,6H,1,3,5H2,(H,8,9,10). The number of ether oxygens (including phenoxy) is 1. The van der Waals surface area contributed by atoms with Crippen molar-refractivity contribution in [1.29, 1.82) is 0 Å². The van der Waals surface area contributed by atoms with Crippen molar-refractivity contribution in [2.24, 2.45) is 0 Å². The van der Waals surface area contributed by atoms with E-state index in [1.165, 1.54) is 11.3 Å². The Morgan fingerprint density at radius 1 is 1.54 bits per heavy atom. The molecule has 0 aromatic carbocycles. The Balaban J connectivity index is 2.16. The SMILES string of the molecule is O=S(=O)(O)CCCOc1ccsc1. The molecule has 13 heavy (non-hydrogen) atoms. The van der Waals surface area contributed by atoms with E-state index in [1.807, 2.05) is 10.8 Å². The van der Waals surface area contributed by atoms with Crippen LogP contribution >= 0.6 is 11.3 Å². The second-order valence-corrected chi connectivity index (χ2v) is 4.80. The zero-order chi connectivity index (χ0) is 9.73. The van der Waals surface area contributed by atoms with Gasteiger partial charge in [0, 0.05) is 5.38 Å². The van der Waals surface area contributed by atoms with Gasteiger partial charge in [-0.15, -0.1) is 11.3 Å². The molecule has 1 N–H and O–H groups in total. The van der Waals surface area contributed by atoms with Crippen molar-refractivity contribution in [1.82, 2.24) is 0 Å². The molecular weight excluding hydrogens is 212 g/mol. The van der Waals surface area contributed by atoms with Crippen molar-refractivity contribution in [3.05, 3.63) is 16.8 Å². The summed E-state index contributed by atoms with van der Waals surface area (Å²) in [6.45, 7) is 0.302. The monoisotopic (exact) mass is 222 g/mol. The Hall–Kier alpha value is -0.590. The molecule has 4 nitrogen and oxygen atoms in total. The minimum Gasteiger partial charge on any atom is -0.493 e. The van der Waals surface area contributed by atoms with E-state index in [1.54, 1.807) is 6.07 Å². The minimum atomic E-state index is -3.84. The molecule has 6 heteroatoms. The Labute approximate surface area is 80.9 Å². The third-order valence-electron chi connectivity index (χ3n) is 1.31. The Morgan fingerprint density at radius 2 is 2.31 bits per heavy atom. The van der Waals surface area contributed by atoms with Gasteiger partial charge in [-0.2, -0.15) is 8.42 Å². The summed E-state index contributed by atoms with van der Waals surface area (Å²) in [4.78, 5) is 0. The molecule has 1 heterocycles. The van der Waals surface area contributed by atoms with E-state index in [9.17, 15) is 8.42 Å². The van der Waals surface area contributed by atoms with Gasteiger partial charge in [-0.25, -0.2) is 0 Å². The molecule has 0 amide bonds. The first-order valence-electron chi connectivity index (χ1n) is 3.68. The molecule has 0 aliphatic heterocycles. The summed E-state index contributed by atoms with van der Waals surface area (Å²) in [6.07, 6.45) is 0.300. The smallest absolute Gasteiger partial charge is 0.264 e. The largest absolute Gasteiger partial charge is 0.493 e. The number of hydrogen-bond acceptors (Lipinski definition) is 4. The lowest BCUT2D eigenvalue weighted by molar-refractivity contribution is 0.317. The molecule has 0 saturated heterocycles. The first-order chi connectivity index (χ1) is 6.08. The maximum absolute atomic E-state index is 10.3. The molecule has 0 spiro atoms. The summed E-state index contributed by atoms with van der Waals surface area (Å²) >= 11 is 1.51. The highest BCUT2D eigenvalue weighted by Gasteiger charge is 2.03. The maximum Gasteiger partial charge on any atom is 0.264 e. The molecule has 0 saturated carbocycles. The van der Waals surface area contributed by atoms with Gasteiger partial charge in [-0.05, 0) is 17.9 Å². The predicted octanol–water partition coefficient (Wildman–Crippen LogP) is 1.40. The van der Waals surface area contributed by atoms with Gasteiger partial charge in [0.25, 0.3) is 10.1 Å². The second-order valence-electron chi connectivity index (χ2n) is 2.45. The fraction of sp³-hybridized carbons (Fsp3) is 0.429. The van der Waals surface area contributed by atoms with E-state index in [2.05, 4.69) is 0 Å². The first-order valence-corrected chi connectivity index (χ1v) is 6.23. The third kappa shape index (κ3) is 4.87. The average Bonchev–Trinajstić information content (AvgIpc) is 2.48. The molecule has 0 aliphatic carbocycles. The van der Waals surface area contributed by atoms with Crippen LogP contribution in [0.25, 0.3) is 0 Å². The van der Waals surface area contributed by atoms with Crippen molar-refractivity contribution in [3.8, 4) is 5.75 Å². The Morgan fingerprint density at radius 3 is 2.85 bits per heavy atom. The van der Waals surface area contributed by atoms with Gasteiger partial charge in [0.1, 0.15) is 5.75 Å². The Kier molecular flexibility index (Phi) is 3.71. The molecular formula is C7H10O4S2. The molecule has 1 rings (SSSR count). The van der Waals surface area contributed by atoms with Crippen LogP contribution in [0, 0.1) is 0 Å². The molecule has 0 unspecified atom stereocenters. The van der Waals surface area contributed by atoms with Crippen molar-refractivity contribution in [3.63, 3.8) is 0 Å². The van der Waals surface area contributed by atoms with Gasteiger partial charge in [-0.3, -0.25) is 4.55 Å². The summed E-state index contributed by atoms with van der Waals surface area (Å²) in [5, 5.41) is 3.70. The molecule has 0 bridgehead atoms. The zero-order valence-corrected chi connectivity index (χ0v) is 8.47. The van der Waals surface area contributed by atoms with Crippen LogP contribution in [0.1, 0.15) is 6.42 Å². The van der Waals surface area contributed by atoms with E-state index in [0.717, 1.165) is 5.75 Å². The van der Waals surface area contributed by atoms with E-state index < -0.39 is 10.1 Å². The second kappa shape index (κ2) is 4.59. The van der Waals surface area contributed by atoms with Crippen molar-refractivity contribution < 1.29 is 17.7 Å². The topological polar surface area (TPSA) is 63.6 Å². The lowest BCUT2D eigenvalue weighted by Crippen LogP contribution is -2.08. The predicted molar refractivity (Wildman–Crippen MR) is 50.8 cm³/mol. The molecule has 1 aromatic heterocycles. The van der Waals surface area contributed by atoms with E-state index >= 15 is 0 Å². The van der Waals surface area contributed by atoms with Gasteiger partial charge in [0.2, 0.25) is 0 Å². The van der Waals surface area contributed by atoms with Crippen LogP contribution in [0.4, 0.5) is 0 Å². The minimum absolute atomic E-state index is 0.253. The average molecular weight is 222 g/mol. The van der Waals surface area contributed by atoms with Crippen LogP contribution in [0.3, 0.4) is 0 Å². The van der Waals surface area contributed by atoms with Gasteiger partial charge in [-0.1, -0.05) is 0 Å². The fourth-order valence-electron chi connectivity index (χ4n) is 0.765. The van der Waals surface area contributed by atoms with Crippen LogP contribution in [-0.2, 0) is 10.1 Å². The quantitative estimate of drug-likeness (QED) is 0.604. The van der Waals surface area contributed by atoms with Crippen LogP contribution in [0.5, 0.6) is 5.75 Å².